The molecule has 0 saturated heterocycles. The van der Waals surface area contributed by atoms with E-state index in [0.717, 1.165) is 17.8 Å². The van der Waals surface area contributed by atoms with Gasteiger partial charge in [0.15, 0.2) is 0 Å². The average Bonchev–Trinajstić information content (AvgIpc) is 2.73. The van der Waals surface area contributed by atoms with E-state index in [1.54, 1.807) is 19.9 Å². The molecule has 0 unspecified atom stereocenters. The van der Waals surface area contributed by atoms with E-state index in [9.17, 15) is 23.1 Å². The van der Waals surface area contributed by atoms with Gasteiger partial charge in [0.25, 0.3) is 5.91 Å². The largest absolute Gasteiger partial charge is 0.416 e. The Labute approximate surface area is 143 Å². The van der Waals surface area contributed by atoms with Crippen molar-refractivity contribution < 1.29 is 23.1 Å². The summed E-state index contributed by atoms with van der Waals surface area (Å²) in [7, 11) is 0. The Morgan fingerprint density at radius 3 is 2.38 bits per heavy atom. The van der Waals surface area contributed by atoms with E-state index >= 15 is 0 Å². The van der Waals surface area contributed by atoms with Crippen molar-refractivity contribution >= 4 is 22.7 Å². The average molecular weight is 359 g/mol. The zero-order valence-electron chi connectivity index (χ0n) is 13.9. The van der Waals surface area contributed by atoms with E-state index in [2.05, 4.69) is 4.99 Å². The number of hydrogen-bond acceptors (Lipinski definition) is 3. The van der Waals surface area contributed by atoms with Gasteiger partial charge in [-0.05, 0) is 38.3 Å². The van der Waals surface area contributed by atoms with Crippen molar-refractivity contribution in [1.29, 1.82) is 0 Å². The van der Waals surface area contributed by atoms with Crippen molar-refractivity contribution in [3.05, 3.63) is 35.4 Å². The first-order valence-corrected chi connectivity index (χ1v) is 8.37. The Bertz CT molecular complexity index is 679. The normalized spacial score (nSPS) is 23.3. The van der Waals surface area contributed by atoms with Crippen LogP contribution in [0.5, 0.6) is 0 Å². The molecule has 2 rings (SSSR count). The number of thioether (sulfide) groups is 1. The number of benzene rings is 1. The van der Waals surface area contributed by atoms with Gasteiger partial charge >= 0.3 is 6.18 Å². The SMILES string of the molecule is C[C@H](CC1=NC(=O)[C@@](C)(C(C)(C)O)S1)c1ccccc1C(F)(F)F. The zero-order valence-corrected chi connectivity index (χ0v) is 14.8. The molecular formula is C17H20F3NO2S. The van der Waals surface area contributed by atoms with Crippen LogP contribution in [0.4, 0.5) is 13.2 Å². The number of aliphatic hydroxyl groups is 1. The molecule has 1 amide bonds. The van der Waals surface area contributed by atoms with E-state index < -0.39 is 33.9 Å². The van der Waals surface area contributed by atoms with Crippen LogP contribution >= 0.6 is 11.8 Å². The summed E-state index contributed by atoms with van der Waals surface area (Å²) in [6.45, 7) is 6.33. The summed E-state index contributed by atoms with van der Waals surface area (Å²) in [4.78, 5) is 16.1. The highest BCUT2D eigenvalue weighted by atomic mass is 32.2. The first-order chi connectivity index (χ1) is 10.9. The third kappa shape index (κ3) is 3.52. The predicted molar refractivity (Wildman–Crippen MR) is 89.2 cm³/mol. The molecule has 0 aromatic heterocycles. The van der Waals surface area contributed by atoms with Crippen LogP contribution in [0.15, 0.2) is 29.3 Å². The minimum absolute atomic E-state index is 0.178. The van der Waals surface area contributed by atoms with Crippen LogP contribution in [-0.4, -0.2) is 26.4 Å². The van der Waals surface area contributed by atoms with Crippen molar-refractivity contribution in [1.82, 2.24) is 0 Å². The fourth-order valence-electron chi connectivity index (χ4n) is 2.55. The van der Waals surface area contributed by atoms with Crippen LogP contribution in [0.3, 0.4) is 0 Å². The molecule has 3 nitrogen and oxygen atoms in total. The van der Waals surface area contributed by atoms with E-state index in [0.29, 0.717) is 5.04 Å². The molecule has 0 saturated carbocycles. The number of aliphatic imine (C=N–C) groups is 1. The highest BCUT2D eigenvalue weighted by Gasteiger charge is 2.51. The molecule has 2 atom stereocenters. The standard InChI is InChI=1S/C17H20F3NO2S/c1-10(11-7-5-6-8-12(11)17(18,19)20)9-13-21-14(22)16(4,24-13)15(2,3)23/h5-8,10,23H,9H2,1-4H3/t10-,16+/m1/s1. The van der Waals surface area contributed by atoms with Crippen LogP contribution in [-0.2, 0) is 11.0 Å². The number of nitrogens with zero attached hydrogens (tertiary/aromatic N) is 1. The number of hydrogen-bond donors (Lipinski definition) is 1. The van der Waals surface area contributed by atoms with Crippen LogP contribution in [0.2, 0.25) is 0 Å². The molecule has 0 radical (unpaired) electrons. The molecule has 1 aliphatic heterocycles. The molecule has 0 spiro atoms. The molecule has 1 N–H and O–H groups in total. The van der Waals surface area contributed by atoms with Crippen molar-refractivity contribution in [3.63, 3.8) is 0 Å². The number of carbonyl (C=O) groups excluding carboxylic acids is 1. The van der Waals surface area contributed by atoms with Crippen molar-refractivity contribution in [2.75, 3.05) is 0 Å². The summed E-state index contributed by atoms with van der Waals surface area (Å²) in [5.41, 5.74) is -1.78. The van der Waals surface area contributed by atoms with Gasteiger partial charge in [0.1, 0.15) is 4.75 Å². The van der Waals surface area contributed by atoms with Gasteiger partial charge in [-0.1, -0.05) is 36.9 Å². The van der Waals surface area contributed by atoms with Gasteiger partial charge in [0, 0.05) is 6.42 Å². The van der Waals surface area contributed by atoms with Gasteiger partial charge in [0.2, 0.25) is 0 Å². The molecular weight excluding hydrogens is 339 g/mol. The van der Waals surface area contributed by atoms with E-state index in [-0.39, 0.29) is 12.0 Å². The zero-order chi connectivity index (χ0) is 18.3. The van der Waals surface area contributed by atoms with Crippen molar-refractivity contribution in [3.8, 4) is 0 Å². The van der Waals surface area contributed by atoms with Gasteiger partial charge in [-0.25, -0.2) is 4.99 Å². The van der Waals surface area contributed by atoms with Gasteiger partial charge < -0.3 is 5.11 Å². The van der Waals surface area contributed by atoms with Crippen LogP contribution < -0.4 is 0 Å². The molecule has 1 aromatic carbocycles. The summed E-state index contributed by atoms with van der Waals surface area (Å²) >= 11 is 1.13. The summed E-state index contributed by atoms with van der Waals surface area (Å²) in [6, 6.07) is 5.43. The van der Waals surface area contributed by atoms with Crippen molar-refractivity contribution in [2.24, 2.45) is 4.99 Å². The van der Waals surface area contributed by atoms with Gasteiger partial charge in [-0.2, -0.15) is 13.2 Å². The number of amides is 1. The minimum atomic E-state index is -4.42. The van der Waals surface area contributed by atoms with Crippen LogP contribution in [0, 0.1) is 0 Å². The number of alkyl halides is 3. The lowest BCUT2D eigenvalue weighted by Gasteiger charge is -2.33. The smallest absolute Gasteiger partial charge is 0.388 e. The van der Waals surface area contributed by atoms with E-state index in [1.165, 1.54) is 26.0 Å². The molecule has 132 valence electrons. The van der Waals surface area contributed by atoms with Gasteiger partial charge in [0.05, 0.1) is 16.2 Å². The number of carbonyl (C=O) groups is 1. The summed E-state index contributed by atoms with van der Waals surface area (Å²) in [5, 5.41) is 10.7. The third-order valence-corrected chi connectivity index (χ3v) is 5.98. The lowest BCUT2D eigenvalue weighted by atomic mass is 9.91. The fraction of sp³-hybridized carbons (Fsp3) is 0.529. The Kier molecular flexibility index (Phi) is 4.89. The quantitative estimate of drug-likeness (QED) is 0.867. The fourth-order valence-corrected chi connectivity index (χ4v) is 3.87. The maximum absolute atomic E-state index is 13.1. The highest BCUT2D eigenvalue weighted by molar-refractivity contribution is 8.16. The Hall–Kier alpha value is -1.34. The van der Waals surface area contributed by atoms with Gasteiger partial charge in [-0.3, -0.25) is 4.79 Å². The Morgan fingerprint density at radius 2 is 1.88 bits per heavy atom. The monoisotopic (exact) mass is 359 g/mol. The second-order valence-electron chi connectivity index (χ2n) is 6.70. The number of halogens is 3. The summed E-state index contributed by atoms with van der Waals surface area (Å²) in [5.74, 6) is -0.905. The predicted octanol–water partition coefficient (Wildman–Crippen LogP) is 4.40. The first kappa shape index (κ1) is 19.0. The van der Waals surface area contributed by atoms with E-state index in [1.807, 2.05) is 0 Å². The summed E-state index contributed by atoms with van der Waals surface area (Å²) in [6.07, 6.45) is -4.21. The molecule has 1 aliphatic rings. The lowest BCUT2D eigenvalue weighted by molar-refractivity contribution is -0.138. The molecule has 7 heteroatoms. The lowest BCUT2D eigenvalue weighted by Crippen LogP contribution is -2.48. The molecule has 1 aromatic rings. The highest BCUT2D eigenvalue weighted by Crippen LogP contribution is 2.45. The molecule has 0 bridgehead atoms. The Balaban J connectivity index is 2.23. The topological polar surface area (TPSA) is 49.7 Å². The second-order valence-corrected chi connectivity index (χ2v) is 8.19. The second kappa shape index (κ2) is 6.19. The number of rotatable bonds is 4. The Morgan fingerprint density at radius 1 is 1.29 bits per heavy atom. The maximum Gasteiger partial charge on any atom is 0.416 e. The summed E-state index contributed by atoms with van der Waals surface area (Å²) < 4.78 is 38.3. The van der Waals surface area contributed by atoms with Gasteiger partial charge in [-0.15, -0.1) is 0 Å². The molecule has 1 heterocycles. The van der Waals surface area contributed by atoms with Crippen LogP contribution in [0.1, 0.15) is 51.2 Å². The maximum atomic E-state index is 13.1. The van der Waals surface area contributed by atoms with Crippen LogP contribution in [0.25, 0.3) is 0 Å². The van der Waals surface area contributed by atoms with E-state index in [4.69, 9.17) is 0 Å². The molecule has 24 heavy (non-hydrogen) atoms. The minimum Gasteiger partial charge on any atom is -0.388 e. The first-order valence-electron chi connectivity index (χ1n) is 7.56. The molecule has 0 aliphatic carbocycles. The van der Waals surface area contributed by atoms with Crippen molar-refractivity contribution in [2.45, 2.75) is 56.6 Å². The third-order valence-electron chi connectivity index (χ3n) is 4.40. The molecule has 0 fully saturated rings.